The molecule has 0 aliphatic carbocycles. The zero-order valence-electron chi connectivity index (χ0n) is 18.9. The minimum atomic E-state index is 0. The molecule has 0 atom stereocenters. The van der Waals surface area contributed by atoms with Crippen molar-refractivity contribution in [3.63, 3.8) is 0 Å². The Bertz CT molecular complexity index is 896. The van der Waals surface area contributed by atoms with E-state index < -0.39 is 0 Å². The fraction of sp³-hybridized carbons (Fsp3) is 0.440. The highest BCUT2D eigenvalue weighted by Crippen LogP contribution is 2.19. The van der Waals surface area contributed by atoms with Gasteiger partial charge in [0.05, 0.1) is 6.54 Å². The highest BCUT2D eigenvalue weighted by molar-refractivity contribution is 14.0. The van der Waals surface area contributed by atoms with E-state index in [2.05, 4.69) is 76.6 Å². The third kappa shape index (κ3) is 6.15. The lowest BCUT2D eigenvalue weighted by atomic mass is 10.1. The van der Waals surface area contributed by atoms with Crippen LogP contribution in [0.1, 0.15) is 30.9 Å². The number of hydrogen-bond donors (Lipinski definition) is 1. The average molecular weight is 547 g/mol. The first kappa shape index (κ1) is 24.4. The minimum Gasteiger partial charge on any atom is -0.368 e. The van der Waals surface area contributed by atoms with E-state index in [1.54, 1.807) is 0 Å². The summed E-state index contributed by atoms with van der Waals surface area (Å²) in [4.78, 5) is 23.8. The maximum Gasteiger partial charge on any atom is 0.222 e. The lowest BCUT2D eigenvalue weighted by Crippen LogP contribution is -2.52. The standard InChI is InChI=1S/C25H33N5O.HI/c1-2-26-25(29-17-15-28(16-18-29)23-11-4-3-5-12-23)27-19-21-9-6-7-10-22(21)20-30-14-8-13-24(30)31;/h3-7,9-12H,2,8,13-20H2,1H3,(H,26,27);1H. The normalized spacial score (nSPS) is 16.8. The maximum absolute atomic E-state index is 12.1. The van der Waals surface area contributed by atoms with Crippen LogP contribution in [0.4, 0.5) is 5.69 Å². The van der Waals surface area contributed by atoms with Gasteiger partial charge in [-0.1, -0.05) is 42.5 Å². The summed E-state index contributed by atoms with van der Waals surface area (Å²) in [6, 6.07) is 19.0. The van der Waals surface area contributed by atoms with Crippen molar-refractivity contribution in [3.8, 4) is 0 Å². The van der Waals surface area contributed by atoms with Gasteiger partial charge in [0.1, 0.15) is 0 Å². The Morgan fingerprint density at radius 3 is 2.28 bits per heavy atom. The van der Waals surface area contributed by atoms with Crippen molar-refractivity contribution in [2.24, 2.45) is 4.99 Å². The van der Waals surface area contributed by atoms with Crippen molar-refractivity contribution >= 4 is 41.5 Å². The quantitative estimate of drug-likeness (QED) is 0.341. The Kier molecular flexibility index (Phi) is 9.20. The summed E-state index contributed by atoms with van der Waals surface area (Å²) in [5, 5.41) is 3.47. The van der Waals surface area contributed by atoms with Crippen LogP contribution < -0.4 is 10.2 Å². The van der Waals surface area contributed by atoms with Crippen molar-refractivity contribution in [1.29, 1.82) is 0 Å². The van der Waals surface area contributed by atoms with Crippen molar-refractivity contribution < 1.29 is 4.79 Å². The Hall–Kier alpha value is -2.29. The summed E-state index contributed by atoms with van der Waals surface area (Å²) in [6.45, 7) is 9.02. The van der Waals surface area contributed by atoms with Gasteiger partial charge >= 0.3 is 0 Å². The van der Waals surface area contributed by atoms with Crippen LogP contribution in [0.5, 0.6) is 0 Å². The summed E-state index contributed by atoms with van der Waals surface area (Å²) >= 11 is 0. The number of nitrogens with one attached hydrogen (secondary N) is 1. The van der Waals surface area contributed by atoms with Crippen molar-refractivity contribution in [2.75, 3.05) is 44.2 Å². The average Bonchev–Trinajstić information content (AvgIpc) is 3.22. The van der Waals surface area contributed by atoms with Gasteiger partial charge in [0.2, 0.25) is 5.91 Å². The van der Waals surface area contributed by atoms with Gasteiger partial charge in [-0.15, -0.1) is 24.0 Å². The molecule has 2 fully saturated rings. The van der Waals surface area contributed by atoms with Crippen LogP contribution >= 0.6 is 24.0 Å². The number of anilines is 1. The number of benzene rings is 2. The Morgan fingerprint density at radius 1 is 0.938 bits per heavy atom. The maximum atomic E-state index is 12.1. The number of para-hydroxylation sites is 1. The van der Waals surface area contributed by atoms with Crippen LogP contribution in [0.2, 0.25) is 0 Å². The number of carbonyl (C=O) groups excluding carboxylic acids is 1. The molecule has 2 aromatic rings. The first-order valence-electron chi connectivity index (χ1n) is 11.4. The zero-order chi connectivity index (χ0) is 21.5. The summed E-state index contributed by atoms with van der Waals surface area (Å²) in [6.07, 6.45) is 1.65. The number of hydrogen-bond acceptors (Lipinski definition) is 3. The van der Waals surface area contributed by atoms with E-state index in [4.69, 9.17) is 4.99 Å². The molecule has 1 N–H and O–H groups in total. The molecular weight excluding hydrogens is 513 g/mol. The summed E-state index contributed by atoms with van der Waals surface area (Å²) in [5.41, 5.74) is 3.68. The smallest absolute Gasteiger partial charge is 0.222 e. The third-order valence-corrected chi connectivity index (χ3v) is 6.09. The van der Waals surface area contributed by atoms with Gasteiger partial charge in [-0.3, -0.25) is 4.79 Å². The van der Waals surface area contributed by atoms with Crippen LogP contribution in [0.25, 0.3) is 0 Å². The number of piperazine rings is 1. The van der Waals surface area contributed by atoms with E-state index in [1.807, 2.05) is 4.90 Å². The molecule has 32 heavy (non-hydrogen) atoms. The Balaban J connectivity index is 0.00000289. The van der Waals surface area contributed by atoms with Gasteiger partial charge in [-0.2, -0.15) is 0 Å². The van der Waals surface area contributed by atoms with Crippen LogP contribution in [0, 0.1) is 0 Å². The van der Waals surface area contributed by atoms with Gasteiger partial charge in [-0.05, 0) is 36.6 Å². The molecule has 172 valence electrons. The number of guanidine groups is 1. The Morgan fingerprint density at radius 2 is 1.62 bits per heavy atom. The van der Waals surface area contributed by atoms with Gasteiger partial charge < -0.3 is 20.0 Å². The van der Waals surface area contributed by atoms with Crippen molar-refractivity contribution in [2.45, 2.75) is 32.9 Å². The molecule has 0 unspecified atom stereocenters. The van der Waals surface area contributed by atoms with Crippen molar-refractivity contribution in [1.82, 2.24) is 15.1 Å². The van der Waals surface area contributed by atoms with E-state index >= 15 is 0 Å². The van der Waals surface area contributed by atoms with Gasteiger partial charge in [0, 0.05) is 57.9 Å². The molecule has 0 radical (unpaired) electrons. The monoisotopic (exact) mass is 547 g/mol. The summed E-state index contributed by atoms with van der Waals surface area (Å²) in [7, 11) is 0. The second kappa shape index (κ2) is 12.1. The fourth-order valence-electron chi connectivity index (χ4n) is 4.34. The number of halogens is 1. The van der Waals surface area contributed by atoms with E-state index in [-0.39, 0.29) is 29.9 Å². The first-order valence-corrected chi connectivity index (χ1v) is 11.4. The van der Waals surface area contributed by atoms with E-state index in [0.717, 1.165) is 51.6 Å². The molecule has 1 amide bonds. The number of likely N-dealkylation sites (tertiary alicyclic amines) is 1. The number of aliphatic imine (C=N–C) groups is 1. The second-order valence-electron chi connectivity index (χ2n) is 8.17. The predicted octanol–water partition coefficient (Wildman–Crippen LogP) is 3.71. The van der Waals surface area contributed by atoms with Crippen molar-refractivity contribution in [3.05, 3.63) is 65.7 Å². The highest BCUT2D eigenvalue weighted by atomic mass is 127. The molecule has 0 bridgehead atoms. The second-order valence-corrected chi connectivity index (χ2v) is 8.17. The molecule has 2 aliphatic heterocycles. The van der Waals surface area contributed by atoms with Gasteiger partial charge in [-0.25, -0.2) is 4.99 Å². The minimum absolute atomic E-state index is 0. The molecular formula is C25H34IN5O. The lowest BCUT2D eigenvalue weighted by molar-refractivity contribution is -0.128. The molecule has 2 heterocycles. The third-order valence-electron chi connectivity index (χ3n) is 6.09. The molecule has 2 aromatic carbocycles. The summed E-state index contributed by atoms with van der Waals surface area (Å²) in [5.74, 6) is 1.24. The fourth-order valence-corrected chi connectivity index (χ4v) is 4.34. The summed E-state index contributed by atoms with van der Waals surface area (Å²) < 4.78 is 0. The SMILES string of the molecule is CCNC(=NCc1ccccc1CN1CCCC1=O)N1CCN(c2ccccc2)CC1.I. The van der Waals surface area contributed by atoms with Crippen LogP contribution in [-0.4, -0.2) is 60.9 Å². The van der Waals surface area contributed by atoms with Crippen LogP contribution in [0.3, 0.4) is 0 Å². The molecule has 0 spiro atoms. The molecule has 2 saturated heterocycles. The molecule has 4 rings (SSSR count). The largest absolute Gasteiger partial charge is 0.368 e. The van der Waals surface area contributed by atoms with Gasteiger partial charge in [0.15, 0.2) is 5.96 Å². The first-order chi connectivity index (χ1) is 15.2. The number of nitrogens with zero attached hydrogens (tertiary/aromatic N) is 4. The molecule has 6 nitrogen and oxygen atoms in total. The predicted molar refractivity (Wildman–Crippen MR) is 142 cm³/mol. The lowest BCUT2D eigenvalue weighted by Gasteiger charge is -2.37. The molecule has 2 aliphatic rings. The topological polar surface area (TPSA) is 51.2 Å². The molecule has 0 aromatic heterocycles. The molecule has 0 saturated carbocycles. The van der Waals surface area contributed by atoms with E-state index in [9.17, 15) is 4.79 Å². The number of carbonyl (C=O) groups is 1. The Labute approximate surface area is 208 Å². The van der Waals surface area contributed by atoms with E-state index in [0.29, 0.717) is 19.5 Å². The number of rotatable bonds is 6. The molecule has 7 heteroatoms. The zero-order valence-corrected chi connectivity index (χ0v) is 21.2. The van der Waals surface area contributed by atoms with Gasteiger partial charge in [0.25, 0.3) is 0 Å². The van der Waals surface area contributed by atoms with Crippen LogP contribution in [-0.2, 0) is 17.9 Å². The van der Waals surface area contributed by atoms with Crippen LogP contribution in [0.15, 0.2) is 59.6 Å². The van der Waals surface area contributed by atoms with E-state index in [1.165, 1.54) is 16.8 Å². The number of amides is 1. The highest BCUT2D eigenvalue weighted by Gasteiger charge is 2.22.